The Labute approximate surface area is 134 Å². The quantitative estimate of drug-likeness (QED) is 0.596. The normalized spacial score (nSPS) is 11.0. The van der Waals surface area contributed by atoms with E-state index in [-0.39, 0.29) is 0 Å². The van der Waals surface area contributed by atoms with Crippen LogP contribution in [-0.2, 0) is 0 Å². The maximum atomic E-state index is 11.6. The third-order valence-electron chi connectivity index (χ3n) is 3.65. The van der Waals surface area contributed by atoms with Crippen molar-refractivity contribution in [3.05, 3.63) is 63.4 Å². The van der Waals surface area contributed by atoms with E-state index in [0.717, 1.165) is 10.1 Å². The summed E-state index contributed by atoms with van der Waals surface area (Å²) in [6.45, 7) is 0. The van der Waals surface area contributed by atoms with E-state index >= 15 is 0 Å². The molecule has 0 atom stereocenters. The first-order valence-corrected chi connectivity index (χ1v) is 7.11. The van der Waals surface area contributed by atoms with E-state index in [0.29, 0.717) is 28.4 Å². The number of aromatic amines is 2. The maximum absolute atomic E-state index is 11.6. The Bertz CT molecular complexity index is 1100. The lowest BCUT2D eigenvalue weighted by Gasteiger charge is -2.00. The molecule has 0 saturated carbocycles. The van der Waals surface area contributed by atoms with Crippen LogP contribution in [0.25, 0.3) is 28.2 Å². The fourth-order valence-corrected chi connectivity index (χ4v) is 2.45. The minimum Gasteiger partial charge on any atom is -0.497 e. The number of hydrogen-bond acceptors (Lipinski definition) is 5. The number of rotatable bonds is 3. The van der Waals surface area contributed by atoms with E-state index in [2.05, 4.69) is 15.2 Å². The topological polar surface area (TPSA) is 106 Å². The summed E-state index contributed by atoms with van der Waals surface area (Å²) in [5, 5.41) is 4.47. The molecule has 2 heterocycles. The van der Waals surface area contributed by atoms with Gasteiger partial charge in [-0.05, 0) is 36.4 Å². The SMILES string of the molecule is COc1ccc2nc(-c3ccc(-n4c(=O)[nH][nH]c4=O)cc3)oc2c1. The molecule has 8 nitrogen and oxygen atoms in total. The number of nitrogens with one attached hydrogen (secondary N) is 2. The molecule has 120 valence electrons. The zero-order valence-electron chi connectivity index (χ0n) is 12.6. The Morgan fingerprint density at radius 2 is 1.75 bits per heavy atom. The van der Waals surface area contributed by atoms with Crippen LogP contribution in [0.15, 0.2) is 56.5 Å². The molecule has 0 aliphatic carbocycles. The molecule has 8 heteroatoms. The van der Waals surface area contributed by atoms with E-state index in [4.69, 9.17) is 9.15 Å². The molecule has 0 fully saturated rings. The summed E-state index contributed by atoms with van der Waals surface area (Å²) in [7, 11) is 1.59. The van der Waals surface area contributed by atoms with Crippen molar-refractivity contribution >= 4 is 11.1 Å². The third-order valence-corrected chi connectivity index (χ3v) is 3.65. The standard InChI is InChI=1S/C16H12N4O4/c1-23-11-6-7-12-13(8-11)24-14(17-12)9-2-4-10(5-3-9)20-15(21)18-19-16(20)22/h2-8H,1H3,(H,18,21)(H,19,22). The highest BCUT2D eigenvalue weighted by Gasteiger charge is 2.11. The maximum Gasteiger partial charge on any atom is 0.348 e. The molecular formula is C16H12N4O4. The molecule has 2 aromatic carbocycles. The average Bonchev–Trinajstić information content (AvgIpc) is 3.17. The van der Waals surface area contributed by atoms with Gasteiger partial charge in [0, 0.05) is 11.6 Å². The van der Waals surface area contributed by atoms with Gasteiger partial charge in [-0.25, -0.2) is 29.3 Å². The molecule has 0 saturated heterocycles. The van der Waals surface area contributed by atoms with Gasteiger partial charge in [0.1, 0.15) is 11.3 Å². The van der Waals surface area contributed by atoms with Gasteiger partial charge in [-0.3, -0.25) is 0 Å². The van der Waals surface area contributed by atoms with Crippen LogP contribution in [-0.4, -0.2) is 26.9 Å². The fourth-order valence-electron chi connectivity index (χ4n) is 2.45. The summed E-state index contributed by atoms with van der Waals surface area (Å²) in [4.78, 5) is 27.6. The minimum atomic E-state index is -0.526. The van der Waals surface area contributed by atoms with Crippen molar-refractivity contribution < 1.29 is 9.15 Å². The van der Waals surface area contributed by atoms with Gasteiger partial charge in [-0.2, -0.15) is 0 Å². The van der Waals surface area contributed by atoms with Crippen molar-refractivity contribution in [3.63, 3.8) is 0 Å². The molecule has 0 spiro atoms. The van der Waals surface area contributed by atoms with Crippen LogP contribution in [0.5, 0.6) is 5.75 Å². The summed E-state index contributed by atoms with van der Waals surface area (Å²) in [5.41, 5.74) is 1.46. The lowest BCUT2D eigenvalue weighted by atomic mass is 10.2. The number of H-pyrrole nitrogens is 2. The first kappa shape index (κ1) is 14.1. The molecule has 4 rings (SSSR count). The predicted molar refractivity (Wildman–Crippen MR) is 86.6 cm³/mol. The van der Waals surface area contributed by atoms with Crippen molar-refractivity contribution in [1.82, 2.24) is 19.7 Å². The molecule has 2 N–H and O–H groups in total. The van der Waals surface area contributed by atoms with Gasteiger partial charge in [0.2, 0.25) is 5.89 Å². The molecule has 4 aromatic rings. The molecule has 0 radical (unpaired) electrons. The van der Waals surface area contributed by atoms with Crippen molar-refractivity contribution in [2.75, 3.05) is 7.11 Å². The number of oxazole rings is 1. The van der Waals surface area contributed by atoms with E-state index in [9.17, 15) is 9.59 Å². The first-order chi connectivity index (χ1) is 11.7. The second kappa shape index (κ2) is 5.27. The monoisotopic (exact) mass is 324 g/mol. The number of hydrogen-bond donors (Lipinski definition) is 2. The molecular weight excluding hydrogens is 312 g/mol. The molecule has 0 aliphatic rings. The summed E-state index contributed by atoms with van der Waals surface area (Å²) in [6, 6.07) is 12.1. The zero-order valence-corrected chi connectivity index (χ0v) is 12.6. The summed E-state index contributed by atoms with van der Waals surface area (Å²) >= 11 is 0. The van der Waals surface area contributed by atoms with Gasteiger partial charge in [0.25, 0.3) is 0 Å². The van der Waals surface area contributed by atoms with Crippen LogP contribution < -0.4 is 16.1 Å². The van der Waals surface area contributed by atoms with Crippen molar-refractivity contribution in [3.8, 4) is 22.9 Å². The lowest BCUT2D eigenvalue weighted by molar-refractivity contribution is 0.414. The molecule has 0 aliphatic heterocycles. The van der Waals surface area contributed by atoms with Crippen LogP contribution in [0.2, 0.25) is 0 Å². The average molecular weight is 324 g/mol. The highest BCUT2D eigenvalue weighted by molar-refractivity contribution is 5.77. The van der Waals surface area contributed by atoms with Gasteiger partial charge >= 0.3 is 11.4 Å². The van der Waals surface area contributed by atoms with Gasteiger partial charge < -0.3 is 9.15 Å². The summed E-state index contributed by atoms with van der Waals surface area (Å²) in [5.74, 6) is 1.13. The first-order valence-electron chi connectivity index (χ1n) is 7.11. The van der Waals surface area contributed by atoms with Crippen LogP contribution in [0.4, 0.5) is 0 Å². The van der Waals surface area contributed by atoms with Gasteiger partial charge in [0.15, 0.2) is 5.58 Å². The van der Waals surface area contributed by atoms with Crippen molar-refractivity contribution in [2.24, 2.45) is 0 Å². The predicted octanol–water partition coefficient (Wildman–Crippen LogP) is 1.67. The Balaban J connectivity index is 1.75. The number of ether oxygens (including phenoxy) is 1. The van der Waals surface area contributed by atoms with Gasteiger partial charge in [-0.15, -0.1) is 0 Å². The molecule has 24 heavy (non-hydrogen) atoms. The van der Waals surface area contributed by atoms with E-state index in [1.165, 1.54) is 0 Å². The fraction of sp³-hybridized carbons (Fsp3) is 0.0625. The van der Waals surface area contributed by atoms with Crippen molar-refractivity contribution in [1.29, 1.82) is 0 Å². The minimum absolute atomic E-state index is 0.445. The Hall–Kier alpha value is -3.55. The summed E-state index contributed by atoms with van der Waals surface area (Å²) < 4.78 is 11.9. The van der Waals surface area contributed by atoms with Gasteiger partial charge in [0.05, 0.1) is 12.8 Å². The Kier molecular flexibility index (Phi) is 3.09. The number of benzene rings is 2. The van der Waals surface area contributed by atoms with E-state index < -0.39 is 11.4 Å². The lowest BCUT2D eigenvalue weighted by Crippen LogP contribution is -2.24. The highest BCUT2D eigenvalue weighted by atomic mass is 16.5. The van der Waals surface area contributed by atoms with Crippen LogP contribution in [0, 0.1) is 0 Å². The summed E-state index contributed by atoms with van der Waals surface area (Å²) in [6.07, 6.45) is 0. The van der Waals surface area contributed by atoms with Crippen LogP contribution >= 0.6 is 0 Å². The van der Waals surface area contributed by atoms with Crippen LogP contribution in [0.1, 0.15) is 0 Å². The van der Waals surface area contributed by atoms with Crippen LogP contribution in [0.3, 0.4) is 0 Å². The molecule has 2 aromatic heterocycles. The highest BCUT2D eigenvalue weighted by Crippen LogP contribution is 2.27. The smallest absolute Gasteiger partial charge is 0.348 e. The second-order valence-corrected chi connectivity index (χ2v) is 5.10. The third kappa shape index (κ3) is 2.21. The Morgan fingerprint density at radius 3 is 2.42 bits per heavy atom. The van der Waals surface area contributed by atoms with Crippen molar-refractivity contribution in [2.45, 2.75) is 0 Å². The molecule has 0 amide bonds. The number of fused-ring (bicyclic) bond motifs is 1. The molecule has 0 bridgehead atoms. The second-order valence-electron chi connectivity index (χ2n) is 5.10. The van der Waals surface area contributed by atoms with E-state index in [1.54, 1.807) is 37.4 Å². The van der Waals surface area contributed by atoms with E-state index in [1.807, 2.05) is 12.1 Å². The zero-order chi connectivity index (χ0) is 16.7. The number of aromatic nitrogens is 4. The Morgan fingerprint density at radius 1 is 1.04 bits per heavy atom. The molecule has 0 unspecified atom stereocenters. The number of nitrogens with zero attached hydrogens (tertiary/aromatic N) is 2. The van der Waals surface area contributed by atoms with Gasteiger partial charge in [-0.1, -0.05) is 0 Å². The number of methoxy groups -OCH3 is 1. The largest absolute Gasteiger partial charge is 0.497 e.